The van der Waals surface area contributed by atoms with E-state index in [0.29, 0.717) is 16.5 Å². The standard InChI is InChI=1S/C15H18F3N3OS/c1-9(2)13-20-14(23-21-13)19-12(8-22-3)10-5-4-6-11(7-10)15(16,17)18/h4-7,9,12H,8H2,1-3H3,(H,19,20,21). The van der Waals surface area contributed by atoms with Gasteiger partial charge in [0.2, 0.25) is 5.13 Å². The van der Waals surface area contributed by atoms with Crippen LogP contribution in [0.3, 0.4) is 0 Å². The fourth-order valence-corrected chi connectivity index (χ4v) is 2.76. The Balaban J connectivity index is 2.23. The minimum absolute atomic E-state index is 0.191. The van der Waals surface area contributed by atoms with E-state index in [1.807, 2.05) is 13.8 Å². The van der Waals surface area contributed by atoms with Crippen molar-refractivity contribution in [1.29, 1.82) is 0 Å². The molecule has 126 valence electrons. The molecule has 0 spiro atoms. The van der Waals surface area contributed by atoms with Crippen molar-refractivity contribution in [3.05, 3.63) is 41.2 Å². The second-order valence-electron chi connectivity index (χ2n) is 5.39. The molecule has 0 bridgehead atoms. The van der Waals surface area contributed by atoms with Gasteiger partial charge in [0.1, 0.15) is 5.82 Å². The van der Waals surface area contributed by atoms with Gasteiger partial charge in [-0.25, -0.2) is 4.98 Å². The summed E-state index contributed by atoms with van der Waals surface area (Å²) in [4.78, 5) is 4.35. The van der Waals surface area contributed by atoms with Gasteiger partial charge >= 0.3 is 6.18 Å². The van der Waals surface area contributed by atoms with E-state index in [-0.39, 0.29) is 12.5 Å². The summed E-state index contributed by atoms with van der Waals surface area (Å²) >= 11 is 1.19. The summed E-state index contributed by atoms with van der Waals surface area (Å²) < 4.78 is 47.9. The van der Waals surface area contributed by atoms with E-state index in [1.54, 1.807) is 6.07 Å². The molecule has 23 heavy (non-hydrogen) atoms. The van der Waals surface area contributed by atoms with Crippen molar-refractivity contribution in [2.24, 2.45) is 0 Å². The zero-order valence-electron chi connectivity index (χ0n) is 13.0. The van der Waals surface area contributed by atoms with E-state index < -0.39 is 17.8 Å². The molecule has 1 atom stereocenters. The van der Waals surface area contributed by atoms with Gasteiger partial charge in [0.05, 0.1) is 18.2 Å². The molecule has 1 heterocycles. The Kier molecular flexibility index (Phi) is 5.59. The molecule has 0 amide bonds. The van der Waals surface area contributed by atoms with Gasteiger partial charge in [-0.15, -0.1) is 0 Å². The first-order valence-electron chi connectivity index (χ1n) is 7.07. The van der Waals surface area contributed by atoms with Crippen LogP contribution in [0.4, 0.5) is 18.3 Å². The third-order valence-electron chi connectivity index (χ3n) is 3.21. The minimum atomic E-state index is -4.37. The van der Waals surface area contributed by atoms with E-state index in [2.05, 4.69) is 14.7 Å². The van der Waals surface area contributed by atoms with Crippen LogP contribution in [0, 0.1) is 0 Å². The summed E-state index contributed by atoms with van der Waals surface area (Å²) in [5, 5.41) is 3.67. The van der Waals surface area contributed by atoms with E-state index in [1.165, 1.54) is 24.7 Å². The summed E-state index contributed by atoms with van der Waals surface area (Å²) in [5.74, 6) is 0.897. The number of benzene rings is 1. The third-order valence-corrected chi connectivity index (χ3v) is 3.87. The first-order valence-corrected chi connectivity index (χ1v) is 7.85. The number of nitrogens with zero attached hydrogens (tertiary/aromatic N) is 2. The first kappa shape index (κ1) is 17.7. The maximum Gasteiger partial charge on any atom is 0.416 e. The van der Waals surface area contributed by atoms with Crippen LogP contribution < -0.4 is 5.32 Å². The molecule has 0 saturated heterocycles. The van der Waals surface area contributed by atoms with Crippen LogP contribution in [0.5, 0.6) is 0 Å². The second kappa shape index (κ2) is 7.27. The summed E-state index contributed by atoms with van der Waals surface area (Å²) in [5.41, 5.74) is -0.194. The van der Waals surface area contributed by atoms with Gasteiger partial charge in [-0.3, -0.25) is 0 Å². The molecule has 1 N–H and O–H groups in total. The van der Waals surface area contributed by atoms with Crippen molar-refractivity contribution in [3.63, 3.8) is 0 Å². The highest BCUT2D eigenvalue weighted by molar-refractivity contribution is 7.09. The largest absolute Gasteiger partial charge is 0.416 e. The van der Waals surface area contributed by atoms with E-state index in [9.17, 15) is 13.2 Å². The number of methoxy groups -OCH3 is 1. The summed E-state index contributed by atoms with van der Waals surface area (Å²) in [7, 11) is 1.50. The van der Waals surface area contributed by atoms with Gasteiger partial charge < -0.3 is 10.1 Å². The molecule has 0 saturated carbocycles. The number of ether oxygens (including phenoxy) is 1. The number of hydrogen-bond donors (Lipinski definition) is 1. The highest BCUT2D eigenvalue weighted by atomic mass is 32.1. The van der Waals surface area contributed by atoms with Crippen molar-refractivity contribution in [1.82, 2.24) is 9.36 Å². The van der Waals surface area contributed by atoms with Crippen LogP contribution in [0.1, 0.15) is 42.8 Å². The van der Waals surface area contributed by atoms with Gasteiger partial charge in [0.15, 0.2) is 0 Å². The molecule has 0 aliphatic heterocycles. The minimum Gasteiger partial charge on any atom is -0.382 e. The lowest BCUT2D eigenvalue weighted by molar-refractivity contribution is -0.137. The summed E-state index contributed by atoms with van der Waals surface area (Å²) in [6.45, 7) is 4.18. The molecular weight excluding hydrogens is 327 g/mol. The average Bonchev–Trinajstić information content (AvgIpc) is 2.95. The monoisotopic (exact) mass is 345 g/mol. The number of hydrogen-bond acceptors (Lipinski definition) is 5. The Hall–Kier alpha value is -1.67. The van der Waals surface area contributed by atoms with Crippen LogP contribution in [0.15, 0.2) is 24.3 Å². The lowest BCUT2D eigenvalue weighted by Gasteiger charge is -2.19. The number of anilines is 1. The topological polar surface area (TPSA) is 47.0 Å². The van der Waals surface area contributed by atoms with Crippen LogP contribution in [-0.2, 0) is 10.9 Å². The maximum atomic E-state index is 12.9. The lowest BCUT2D eigenvalue weighted by Crippen LogP contribution is -2.17. The zero-order valence-corrected chi connectivity index (χ0v) is 13.8. The molecule has 4 nitrogen and oxygen atoms in total. The molecular formula is C15H18F3N3OS. The number of nitrogens with one attached hydrogen (secondary N) is 1. The first-order chi connectivity index (χ1) is 10.8. The number of halogens is 3. The Morgan fingerprint density at radius 1 is 1.30 bits per heavy atom. The van der Waals surface area contributed by atoms with Gasteiger partial charge in [-0.2, -0.15) is 17.5 Å². The van der Waals surface area contributed by atoms with Crippen LogP contribution in [0.25, 0.3) is 0 Å². The predicted molar refractivity (Wildman–Crippen MR) is 83.7 cm³/mol. The highest BCUT2D eigenvalue weighted by Gasteiger charge is 2.31. The number of alkyl halides is 3. The highest BCUT2D eigenvalue weighted by Crippen LogP contribution is 2.32. The van der Waals surface area contributed by atoms with E-state index >= 15 is 0 Å². The molecule has 1 unspecified atom stereocenters. The molecule has 0 aliphatic rings. The predicted octanol–water partition coefficient (Wildman–Crippen LogP) is 4.48. The second-order valence-corrected chi connectivity index (χ2v) is 6.14. The van der Waals surface area contributed by atoms with Crippen LogP contribution in [0.2, 0.25) is 0 Å². The lowest BCUT2D eigenvalue weighted by atomic mass is 10.0. The van der Waals surface area contributed by atoms with Gasteiger partial charge in [-0.05, 0) is 17.7 Å². The maximum absolute atomic E-state index is 12.9. The fourth-order valence-electron chi connectivity index (χ4n) is 2.00. The summed E-state index contributed by atoms with van der Waals surface area (Å²) in [6.07, 6.45) is -4.37. The Labute approximate surface area is 136 Å². The van der Waals surface area contributed by atoms with Gasteiger partial charge in [0.25, 0.3) is 0 Å². The molecule has 0 fully saturated rings. The van der Waals surface area contributed by atoms with Crippen molar-refractivity contribution in [3.8, 4) is 0 Å². The van der Waals surface area contributed by atoms with Crippen LogP contribution >= 0.6 is 11.5 Å². The number of rotatable bonds is 6. The normalized spacial score (nSPS) is 13.3. The summed E-state index contributed by atoms with van der Waals surface area (Å²) in [6, 6.07) is 4.77. The molecule has 1 aromatic carbocycles. The Morgan fingerprint density at radius 3 is 2.61 bits per heavy atom. The molecule has 0 aliphatic carbocycles. The average molecular weight is 345 g/mol. The smallest absolute Gasteiger partial charge is 0.382 e. The fraction of sp³-hybridized carbons (Fsp3) is 0.467. The SMILES string of the molecule is COCC(Nc1nc(C(C)C)ns1)c1cccc(C(F)(F)F)c1. The molecule has 2 aromatic rings. The molecule has 2 rings (SSSR count). The zero-order chi connectivity index (χ0) is 17.0. The Morgan fingerprint density at radius 2 is 2.04 bits per heavy atom. The van der Waals surface area contributed by atoms with Gasteiger partial charge in [0, 0.05) is 24.6 Å². The van der Waals surface area contributed by atoms with Crippen molar-refractivity contribution < 1.29 is 17.9 Å². The van der Waals surface area contributed by atoms with Crippen LogP contribution in [-0.4, -0.2) is 23.1 Å². The Bertz CT molecular complexity index is 643. The van der Waals surface area contributed by atoms with Gasteiger partial charge in [-0.1, -0.05) is 26.0 Å². The van der Waals surface area contributed by atoms with Crippen molar-refractivity contribution >= 4 is 16.7 Å². The third kappa shape index (κ3) is 4.65. The molecule has 0 radical (unpaired) electrons. The molecule has 1 aromatic heterocycles. The van der Waals surface area contributed by atoms with Crippen molar-refractivity contribution in [2.75, 3.05) is 19.0 Å². The van der Waals surface area contributed by atoms with E-state index in [0.717, 1.165) is 12.1 Å². The van der Waals surface area contributed by atoms with E-state index in [4.69, 9.17) is 4.74 Å². The van der Waals surface area contributed by atoms with Crippen molar-refractivity contribution in [2.45, 2.75) is 32.0 Å². The molecule has 8 heteroatoms. The number of aromatic nitrogens is 2. The quantitative estimate of drug-likeness (QED) is 0.838.